The highest BCUT2D eigenvalue weighted by Crippen LogP contribution is 2.14. The van der Waals surface area contributed by atoms with Crippen LogP contribution in [0.1, 0.15) is 5.56 Å². The van der Waals surface area contributed by atoms with Gasteiger partial charge in [-0.05, 0) is 36.8 Å². The third-order valence-corrected chi connectivity index (χ3v) is 3.05. The molecule has 0 aliphatic carbocycles. The van der Waals surface area contributed by atoms with Crippen molar-refractivity contribution in [2.75, 3.05) is 33.0 Å². The van der Waals surface area contributed by atoms with Crippen molar-refractivity contribution in [2.24, 2.45) is 0 Å². The van der Waals surface area contributed by atoms with Gasteiger partial charge in [-0.3, -0.25) is 4.79 Å². The quantitative estimate of drug-likeness (QED) is 0.859. The fourth-order valence-corrected chi connectivity index (χ4v) is 1.49. The molecule has 4 nitrogen and oxygen atoms in total. The summed E-state index contributed by atoms with van der Waals surface area (Å²) in [7, 11) is 5.07. The molecular formula is C13H18FN3OS. The molecule has 0 unspecified atom stereocenters. The number of benzene rings is 1. The lowest BCUT2D eigenvalue weighted by Gasteiger charge is -2.22. The summed E-state index contributed by atoms with van der Waals surface area (Å²) < 4.78 is 13.4. The SMILES string of the molecule is Cc1ccc(NC(=S)N(C)CC(=O)N(C)C)cc1F. The van der Waals surface area contributed by atoms with Crippen LogP contribution in [0.2, 0.25) is 0 Å². The first-order valence-corrected chi connectivity index (χ1v) is 6.20. The Hall–Kier alpha value is -1.69. The maximum absolute atomic E-state index is 13.4. The number of hydrogen-bond donors (Lipinski definition) is 1. The number of amides is 1. The lowest BCUT2D eigenvalue weighted by Crippen LogP contribution is -2.39. The number of aryl methyl sites for hydroxylation is 1. The van der Waals surface area contributed by atoms with Gasteiger partial charge in [0, 0.05) is 26.8 Å². The minimum absolute atomic E-state index is 0.0539. The minimum Gasteiger partial charge on any atom is -0.347 e. The van der Waals surface area contributed by atoms with Gasteiger partial charge in [0.25, 0.3) is 0 Å². The topological polar surface area (TPSA) is 35.6 Å². The zero-order chi connectivity index (χ0) is 14.6. The van der Waals surface area contributed by atoms with Gasteiger partial charge in [-0.2, -0.15) is 0 Å². The molecule has 0 aliphatic rings. The number of carbonyl (C=O) groups excluding carboxylic acids is 1. The van der Waals surface area contributed by atoms with E-state index in [9.17, 15) is 9.18 Å². The number of halogens is 1. The molecule has 1 aromatic rings. The number of carbonyl (C=O) groups is 1. The van der Waals surface area contributed by atoms with Crippen LogP contribution in [-0.2, 0) is 4.79 Å². The first kappa shape index (κ1) is 15.4. The molecule has 0 spiro atoms. The number of thiocarbonyl (C=S) groups is 1. The van der Waals surface area contributed by atoms with Crippen LogP contribution in [0.25, 0.3) is 0 Å². The Morgan fingerprint density at radius 2 is 2.00 bits per heavy atom. The van der Waals surface area contributed by atoms with E-state index < -0.39 is 0 Å². The summed E-state index contributed by atoms with van der Waals surface area (Å²) in [4.78, 5) is 14.6. The molecule has 0 bridgehead atoms. The maximum atomic E-state index is 13.4. The molecule has 19 heavy (non-hydrogen) atoms. The number of rotatable bonds is 3. The molecule has 0 aromatic heterocycles. The van der Waals surface area contributed by atoms with E-state index in [0.717, 1.165) is 0 Å². The van der Waals surface area contributed by atoms with Crippen LogP contribution < -0.4 is 5.32 Å². The molecule has 0 fully saturated rings. The summed E-state index contributed by atoms with van der Waals surface area (Å²) >= 11 is 5.16. The van der Waals surface area contributed by atoms with Gasteiger partial charge in [0.15, 0.2) is 5.11 Å². The van der Waals surface area contributed by atoms with E-state index in [2.05, 4.69) is 5.32 Å². The van der Waals surface area contributed by atoms with E-state index in [0.29, 0.717) is 16.4 Å². The smallest absolute Gasteiger partial charge is 0.241 e. The zero-order valence-corrected chi connectivity index (χ0v) is 12.3. The standard InChI is InChI=1S/C13H18FN3OS/c1-9-5-6-10(7-11(9)14)15-13(19)17(4)8-12(18)16(2)3/h5-7H,8H2,1-4H3,(H,15,19). The lowest BCUT2D eigenvalue weighted by molar-refractivity contribution is -0.128. The Labute approximate surface area is 118 Å². The van der Waals surface area contributed by atoms with Crippen molar-refractivity contribution < 1.29 is 9.18 Å². The van der Waals surface area contributed by atoms with Crippen LogP contribution >= 0.6 is 12.2 Å². The number of hydrogen-bond acceptors (Lipinski definition) is 2. The van der Waals surface area contributed by atoms with Crippen LogP contribution in [0, 0.1) is 12.7 Å². The van der Waals surface area contributed by atoms with Crippen molar-refractivity contribution in [1.82, 2.24) is 9.80 Å². The summed E-state index contributed by atoms with van der Waals surface area (Å²) in [5, 5.41) is 3.27. The number of likely N-dealkylation sites (N-methyl/N-ethyl adjacent to an activating group) is 2. The highest BCUT2D eigenvalue weighted by atomic mass is 32.1. The van der Waals surface area contributed by atoms with E-state index in [1.165, 1.54) is 11.0 Å². The van der Waals surface area contributed by atoms with Crippen LogP contribution in [0.15, 0.2) is 18.2 Å². The second-order valence-corrected chi connectivity index (χ2v) is 4.93. The molecular weight excluding hydrogens is 265 g/mol. The summed E-state index contributed by atoms with van der Waals surface area (Å²) in [6.07, 6.45) is 0. The van der Waals surface area contributed by atoms with Crippen molar-refractivity contribution in [2.45, 2.75) is 6.92 Å². The van der Waals surface area contributed by atoms with Crippen LogP contribution in [0.4, 0.5) is 10.1 Å². The third-order valence-electron chi connectivity index (χ3n) is 2.64. The third kappa shape index (κ3) is 4.48. The summed E-state index contributed by atoms with van der Waals surface area (Å²) in [5.41, 5.74) is 1.14. The van der Waals surface area contributed by atoms with Gasteiger partial charge in [-0.25, -0.2) is 4.39 Å². The summed E-state index contributed by atoms with van der Waals surface area (Å²) in [5.74, 6) is -0.346. The van der Waals surface area contributed by atoms with E-state index >= 15 is 0 Å². The Bertz CT molecular complexity index is 491. The zero-order valence-electron chi connectivity index (χ0n) is 11.5. The van der Waals surface area contributed by atoms with E-state index in [1.54, 1.807) is 45.1 Å². The van der Waals surface area contributed by atoms with E-state index in [4.69, 9.17) is 12.2 Å². The van der Waals surface area contributed by atoms with E-state index in [1.807, 2.05) is 0 Å². The first-order chi connectivity index (χ1) is 8.81. The van der Waals surface area contributed by atoms with Crippen LogP contribution in [0.5, 0.6) is 0 Å². The van der Waals surface area contributed by atoms with Crippen molar-refractivity contribution in [3.05, 3.63) is 29.6 Å². The van der Waals surface area contributed by atoms with Gasteiger partial charge in [-0.15, -0.1) is 0 Å². The largest absolute Gasteiger partial charge is 0.347 e. The fourth-order valence-electron chi connectivity index (χ4n) is 1.31. The highest BCUT2D eigenvalue weighted by Gasteiger charge is 2.11. The molecule has 0 saturated carbocycles. The molecule has 0 aliphatic heterocycles. The molecule has 104 valence electrons. The summed E-state index contributed by atoms with van der Waals surface area (Å²) in [6.45, 7) is 1.87. The molecule has 0 radical (unpaired) electrons. The Kier molecular flexibility index (Phi) is 5.23. The molecule has 0 atom stereocenters. The lowest BCUT2D eigenvalue weighted by atomic mass is 10.2. The van der Waals surface area contributed by atoms with Gasteiger partial charge in [0.05, 0.1) is 6.54 Å². The van der Waals surface area contributed by atoms with E-state index in [-0.39, 0.29) is 18.3 Å². The second-order valence-electron chi connectivity index (χ2n) is 4.54. The first-order valence-electron chi connectivity index (χ1n) is 5.79. The number of nitrogens with zero attached hydrogens (tertiary/aromatic N) is 2. The average molecular weight is 283 g/mol. The van der Waals surface area contributed by atoms with Crippen molar-refractivity contribution in [1.29, 1.82) is 0 Å². The molecule has 0 heterocycles. The van der Waals surface area contributed by atoms with Gasteiger partial charge in [0.1, 0.15) is 5.82 Å². The van der Waals surface area contributed by atoms with Crippen molar-refractivity contribution in [3.8, 4) is 0 Å². The highest BCUT2D eigenvalue weighted by molar-refractivity contribution is 7.80. The fraction of sp³-hybridized carbons (Fsp3) is 0.385. The minimum atomic E-state index is -0.292. The normalized spacial score (nSPS) is 9.95. The summed E-state index contributed by atoms with van der Waals surface area (Å²) in [6, 6.07) is 4.79. The van der Waals surface area contributed by atoms with Crippen LogP contribution in [-0.4, -0.2) is 48.5 Å². The van der Waals surface area contributed by atoms with Gasteiger partial charge >= 0.3 is 0 Å². The molecule has 1 amide bonds. The van der Waals surface area contributed by atoms with Crippen LogP contribution in [0.3, 0.4) is 0 Å². The second kappa shape index (κ2) is 6.47. The van der Waals surface area contributed by atoms with Gasteiger partial charge < -0.3 is 15.1 Å². The Morgan fingerprint density at radius 3 is 2.53 bits per heavy atom. The molecule has 1 aromatic carbocycles. The molecule has 1 rings (SSSR count). The van der Waals surface area contributed by atoms with Gasteiger partial charge in [0.2, 0.25) is 5.91 Å². The Morgan fingerprint density at radius 1 is 1.37 bits per heavy atom. The number of nitrogens with one attached hydrogen (secondary N) is 1. The predicted octanol–water partition coefficient (Wildman–Crippen LogP) is 1.85. The average Bonchev–Trinajstić information content (AvgIpc) is 2.33. The maximum Gasteiger partial charge on any atom is 0.241 e. The van der Waals surface area contributed by atoms with Crippen molar-refractivity contribution in [3.63, 3.8) is 0 Å². The van der Waals surface area contributed by atoms with Crippen molar-refractivity contribution >= 4 is 28.9 Å². The monoisotopic (exact) mass is 283 g/mol. The Balaban J connectivity index is 2.63. The molecule has 6 heteroatoms. The predicted molar refractivity (Wildman–Crippen MR) is 78.7 cm³/mol. The molecule has 1 N–H and O–H groups in total. The van der Waals surface area contributed by atoms with Gasteiger partial charge in [-0.1, -0.05) is 6.07 Å². The number of anilines is 1. The molecule has 0 saturated heterocycles.